The first kappa shape index (κ1) is 14.6. The maximum absolute atomic E-state index is 12.1. The van der Waals surface area contributed by atoms with Crippen LogP contribution in [-0.4, -0.2) is 47.3 Å². The molecule has 114 valence electrons. The Morgan fingerprint density at radius 1 is 1.33 bits per heavy atom. The number of ether oxygens (including phenoxy) is 1. The van der Waals surface area contributed by atoms with E-state index >= 15 is 0 Å². The fourth-order valence-corrected chi connectivity index (χ4v) is 3.32. The minimum atomic E-state index is -0.438. The van der Waals surface area contributed by atoms with Gasteiger partial charge in [-0.25, -0.2) is 4.79 Å². The van der Waals surface area contributed by atoms with Gasteiger partial charge in [-0.3, -0.25) is 4.98 Å². The number of fused-ring (bicyclic) bond motifs is 1. The van der Waals surface area contributed by atoms with Crippen molar-refractivity contribution in [1.82, 2.24) is 9.88 Å². The second-order valence-corrected chi connectivity index (χ2v) is 7.64. The molecule has 2 atom stereocenters. The monoisotopic (exact) mass is 353 g/mol. The van der Waals surface area contributed by atoms with Crippen LogP contribution in [0.5, 0.6) is 0 Å². The van der Waals surface area contributed by atoms with E-state index in [1.807, 2.05) is 31.9 Å². The average molecular weight is 354 g/mol. The highest BCUT2D eigenvalue weighted by Gasteiger charge is 2.47. The molecule has 2 aliphatic rings. The molecule has 2 fully saturated rings. The number of carbonyl (C=O) groups is 1. The molecule has 0 unspecified atom stereocenters. The van der Waals surface area contributed by atoms with Gasteiger partial charge in [0.25, 0.3) is 0 Å². The predicted octanol–water partition coefficient (Wildman–Crippen LogP) is 2.90. The summed E-state index contributed by atoms with van der Waals surface area (Å²) in [6, 6.07) is 2.45. The number of rotatable bonds is 1. The van der Waals surface area contributed by atoms with Crippen molar-refractivity contribution < 1.29 is 9.53 Å². The lowest BCUT2D eigenvalue weighted by Crippen LogP contribution is -2.55. The molecule has 5 nitrogen and oxygen atoms in total. The van der Waals surface area contributed by atoms with Crippen LogP contribution in [0.25, 0.3) is 0 Å². The highest BCUT2D eigenvalue weighted by atomic mass is 79.9. The Labute approximate surface area is 133 Å². The maximum Gasteiger partial charge on any atom is 0.410 e. The number of amides is 1. The summed E-state index contributed by atoms with van der Waals surface area (Å²) in [7, 11) is 0. The third kappa shape index (κ3) is 3.00. The molecule has 0 aromatic carbocycles. The molecule has 3 rings (SSSR count). The van der Waals surface area contributed by atoms with Crippen LogP contribution in [0.4, 0.5) is 10.5 Å². The van der Waals surface area contributed by atoms with Gasteiger partial charge in [-0.2, -0.15) is 0 Å². The summed E-state index contributed by atoms with van der Waals surface area (Å²) in [5, 5.41) is 0. The molecule has 1 aromatic heterocycles. The fraction of sp³-hybridized carbons (Fsp3) is 0.600. The zero-order valence-corrected chi connectivity index (χ0v) is 14.1. The Morgan fingerprint density at radius 2 is 2.10 bits per heavy atom. The number of nitrogens with zero attached hydrogens (tertiary/aromatic N) is 3. The molecule has 6 heteroatoms. The molecular weight excluding hydrogens is 334 g/mol. The minimum Gasteiger partial charge on any atom is -0.444 e. The molecule has 1 aromatic rings. The van der Waals surface area contributed by atoms with Crippen LogP contribution in [0.15, 0.2) is 22.9 Å². The van der Waals surface area contributed by atoms with E-state index in [1.54, 1.807) is 6.20 Å². The summed E-state index contributed by atoms with van der Waals surface area (Å²) in [6.45, 7) is 8.19. The Kier molecular flexibility index (Phi) is 3.59. The van der Waals surface area contributed by atoms with Crippen molar-refractivity contribution in [2.75, 3.05) is 24.5 Å². The topological polar surface area (TPSA) is 45.7 Å². The second-order valence-electron chi connectivity index (χ2n) is 6.73. The van der Waals surface area contributed by atoms with Gasteiger partial charge < -0.3 is 14.5 Å². The summed E-state index contributed by atoms with van der Waals surface area (Å²) in [4.78, 5) is 20.5. The van der Waals surface area contributed by atoms with Gasteiger partial charge in [0.1, 0.15) is 5.60 Å². The molecule has 0 bridgehead atoms. The highest BCUT2D eigenvalue weighted by molar-refractivity contribution is 9.10. The SMILES string of the molecule is CC(C)(C)OC(=O)N1C[C@@H]2CN(c3cncc(Br)c3)[C@@H]2C1. The van der Waals surface area contributed by atoms with Gasteiger partial charge in [0.2, 0.25) is 0 Å². The molecule has 0 aliphatic carbocycles. The van der Waals surface area contributed by atoms with E-state index in [2.05, 4.69) is 31.9 Å². The smallest absolute Gasteiger partial charge is 0.410 e. The first-order valence-electron chi connectivity index (χ1n) is 7.18. The number of anilines is 1. The van der Waals surface area contributed by atoms with E-state index in [-0.39, 0.29) is 6.09 Å². The quantitative estimate of drug-likeness (QED) is 0.778. The number of halogens is 1. The first-order valence-corrected chi connectivity index (χ1v) is 7.98. The van der Waals surface area contributed by atoms with Crippen molar-refractivity contribution in [1.29, 1.82) is 0 Å². The minimum absolute atomic E-state index is 0.204. The van der Waals surface area contributed by atoms with Gasteiger partial charge >= 0.3 is 6.09 Å². The van der Waals surface area contributed by atoms with Crippen molar-refractivity contribution in [2.45, 2.75) is 32.4 Å². The van der Waals surface area contributed by atoms with Crippen molar-refractivity contribution >= 4 is 27.7 Å². The summed E-state index contributed by atoms with van der Waals surface area (Å²) in [5.74, 6) is 0.538. The van der Waals surface area contributed by atoms with Crippen LogP contribution < -0.4 is 4.90 Å². The zero-order chi connectivity index (χ0) is 15.2. The number of carbonyl (C=O) groups excluding carboxylic acids is 1. The lowest BCUT2D eigenvalue weighted by atomic mass is 9.91. The molecule has 3 heterocycles. The number of likely N-dealkylation sites (tertiary alicyclic amines) is 1. The molecule has 21 heavy (non-hydrogen) atoms. The van der Waals surface area contributed by atoms with Crippen LogP contribution in [0.1, 0.15) is 20.8 Å². The van der Waals surface area contributed by atoms with Crippen LogP contribution in [0.2, 0.25) is 0 Å². The van der Waals surface area contributed by atoms with Crippen LogP contribution in [0.3, 0.4) is 0 Å². The summed E-state index contributed by atoms with van der Waals surface area (Å²) >= 11 is 3.45. The van der Waals surface area contributed by atoms with Crippen molar-refractivity contribution in [3.63, 3.8) is 0 Å². The Hall–Kier alpha value is -1.30. The third-order valence-electron chi connectivity index (χ3n) is 3.91. The highest BCUT2D eigenvalue weighted by Crippen LogP contribution is 2.37. The van der Waals surface area contributed by atoms with Crippen LogP contribution >= 0.6 is 15.9 Å². The van der Waals surface area contributed by atoms with E-state index in [0.29, 0.717) is 12.0 Å². The Morgan fingerprint density at radius 3 is 2.76 bits per heavy atom. The van der Waals surface area contributed by atoms with Gasteiger partial charge in [-0.1, -0.05) is 0 Å². The summed E-state index contributed by atoms with van der Waals surface area (Å²) < 4.78 is 6.43. The standard InChI is InChI=1S/C15H20BrN3O2/c1-15(2,3)21-14(20)18-7-10-8-19(13(10)9-18)12-4-11(16)5-17-6-12/h4-6,10,13H,7-9H2,1-3H3/t10-,13-/m1/s1. The van der Waals surface area contributed by atoms with Gasteiger partial charge in [0.05, 0.1) is 17.9 Å². The van der Waals surface area contributed by atoms with Gasteiger partial charge in [0.15, 0.2) is 0 Å². The maximum atomic E-state index is 12.1. The molecule has 2 aliphatic heterocycles. The zero-order valence-electron chi connectivity index (χ0n) is 12.5. The molecule has 0 spiro atoms. The largest absolute Gasteiger partial charge is 0.444 e. The van der Waals surface area contributed by atoms with Gasteiger partial charge in [0, 0.05) is 36.2 Å². The van der Waals surface area contributed by atoms with Crippen LogP contribution in [-0.2, 0) is 4.74 Å². The van der Waals surface area contributed by atoms with Crippen molar-refractivity contribution in [2.24, 2.45) is 5.92 Å². The van der Waals surface area contributed by atoms with Crippen molar-refractivity contribution in [3.8, 4) is 0 Å². The van der Waals surface area contributed by atoms with E-state index in [4.69, 9.17) is 4.74 Å². The van der Waals surface area contributed by atoms with E-state index in [9.17, 15) is 4.79 Å². The van der Waals surface area contributed by atoms with E-state index < -0.39 is 5.60 Å². The number of pyridine rings is 1. The molecule has 1 amide bonds. The van der Waals surface area contributed by atoms with E-state index in [0.717, 1.165) is 29.8 Å². The lowest BCUT2D eigenvalue weighted by molar-refractivity contribution is 0.0291. The van der Waals surface area contributed by atoms with E-state index in [1.165, 1.54) is 0 Å². The molecule has 2 saturated heterocycles. The molecule has 0 N–H and O–H groups in total. The third-order valence-corrected chi connectivity index (χ3v) is 4.35. The average Bonchev–Trinajstić information content (AvgIpc) is 2.65. The van der Waals surface area contributed by atoms with Gasteiger partial charge in [-0.15, -0.1) is 0 Å². The Balaban J connectivity index is 1.64. The Bertz CT molecular complexity index is 558. The van der Waals surface area contributed by atoms with Crippen LogP contribution in [0, 0.1) is 5.92 Å². The second kappa shape index (κ2) is 5.16. The fourth-order valence-electron chi connectivity index (χ4n) is 2.97. The number of aromatic nitrogens is 1. The first-order chi connectivity index (χ1) is 9.83. The molecule has 0 saturated carbocycles. The van der Waals surface area contributed by atoms with Gasteiger partial charge in [-0.05, 0) is 42.8 Å². The number of hydrogen-bond donors (Lipinski definition) is 0. The van der Waals surface area contributed by atoms with Crippen molar-refractivity contribution in [3.05, 3.63) is 22.9 Å². The summed E-state index contributed by atoms with van der Waals surface area (Å²) in [5.41, 5.74) is 0.670. The number of hydrogen-bond acceptors (Lipinski definition) is 4. The lowest BCUT2D eigenvalue weighted by Gasteiger charge is -2.45. The predicted molar refractivity (Wildman–Crippen MR) is 84.4 cm³/mol. The summed E-state index contributed by atoms with van der Waals surface area (Å²) in [6.07, 6.45) is 3.45. The molecule has 0 radical (unpaired) electrons. The molecular formula is C15H20BrN3O2. The normalized spacial score (nSPS) is 24.6.